The van der Waals surface area contributed by atoms with Crippen LogP contribution < -0.4 is 0 Å². The molecule has 8 rings (SSSR count). The molecule has 0 bridgehead atoms. The monoisotopic (exact) mass is 868 g/mol. The molecular weight excluding hydrogens is 824 g/mol. The molecule has 0 saturated carbocycles. The molecule has 15 nitrogen and oxygen atoms in total. The molecule has 0 unspecified atom stereocenters. The van der Waals surface area contributed by atoms with E-state index in [0.29, 0.717) is 41.5 Å². The topological polar surface area (TPSA) is 189 Å². The number of pyridine rings is 2. The number of carbonyl (C=O) groups excluding carboxylic acids is 3. The number of methoxy groups -OCH3 is 1. The minimum atomic E-state index is -1.67. The summed E-state index contributed by atoms with van der Waals surface area (Å²) < 4.78 is 16.1. The van der Waals surface area contributed by atoms with Crippen LogP contribution in [0.3, 0.4) is 0 Å². The number of fused-ring (bicyclic) bond motifs is 2. The van der Waals surface area contributed by atoms with Crippen molar-refractivity contribution < 1.29 is 34.0 Å². The van der Waals surface area contributed by atoms with E-state index in [9.17, 15) is 24.6 Å². The number of carbonyl (C=O) groups is 3. The van der Waals surface area contributed by atoms with Crippen LogP contribution in [0.1, 0.15) is 74.2 Å². The van der Waals surface area contributed by atoms with Gasteiger partial charge in [-0.3, -0.25) is 19.0 Å². The molecule has 6 heterocycles. The molecule has 2 atom stereocenters. The number of halogens is 1. The predicted molar refractivity (Wildman–Crippen MR) is 235 cm³/mol. The predicted octanol–water partition coefficient (Wildman–Crippen LogP) is 5.65. The zero-order valence-electron chi connectivity index (χ0n) is 35.8. The number of aromatic nitrogens is 6. The fourth-order valence-electron chi connectivity index (χ4n) is 7.30. The van der Waals surface area contributed by atoms with Gasteiger partial charge in [0, 0.05) is 91.2 Å². The van der Waals surface area contributed by atoms with Crippen molar-refractivity contribution in [3.05, 3.63) is 102 Å². The zero-order valence-corrected chi connectivity index (χ0v) is 36.6. The second-order valence-corrected chi connectivity index (χ2v) is 16.1. The standard InChI is InChI=1S/C24H24N4O4.C22H21ClN4O2.CO/c1-15(2)28-20-13-19(22(29)32-4)26-21(18(20)14-25-28)17-7-5-6-16(12-17)8-9-24(31)10-11-27(3)23(24)30;1-14(2)27-18-12-19(23)25-20(17(18)13-24-27)16-6-4-5-15(11-16)7-8-22(29)9-10-26(3)21(22)28;1-2/h5-7,12-15,31H,10-11H2,1-4H3;4-6,11-14,29H,9-10H2,1-3H3;/t24-;22-;/m00./s1. The van der Waals surface area contributed by atoms with Gasteiger partial charge in [-0.05, 0) is 58.0 Å². The first kappa shape index (κ1) is 45.7. The van der Waals surface area contributed by atoms with E-state index in [1.165, 1.54) is 16.9 Å². The first-order valence-corrected chi connectivity index (χ1v) is 20.3. The van der Waals surface area contributed by atoms with Crippen LogP contribution in [-0.4, -0.2) is 113 Å². The van der Waals surface area contributed by atoms with Gasteiger partial charge < -0.3 is 24.7 Å². The van der Waals surface area contributed by atoms with E-state index in [-0.39, 0.29) is 30.1 Å². The molecule has 2 aliphatic rings. The Hall–Kier alpha value is -6.84. The van der Waals surface area contributed by atoms with Crippen LogP contribution in [0.2, 0.25) is 5.15 Å². The quantitative estimate of drug-likeness (QED) is 0.0721. The van der Waals surface area contributed by atoms with Gasteiger partial charge in [0.15, 0.2) is 5.69 Å². The van der Waals surface area contributed by atoms with Gasteiger partial charge in [-0.2, -0.15) is 10.2 Å². The first-order valence-electron chi connectivity index (χ1n) is 20.0. The van der Waals surface area contributed by atoms with Crippen LogP contribution >= 0.6 is 11.6 Å². The number of aliphatic hydroxyl groups is 2. The van der Waals surface area contributed by atoms with Crippen molar-refractivity contribution >= 4 is 51.2 Å². The van der Waals surface area contributed by atoms with Crippen LogP contribution in [0.25, 0.3) is 44.3 Å². The van der Waals surface area contributed by atoms with E-state index in [1.54, 1.807) is 38.6 Å². The summed E-state index contributed by atoms with van der Waals surface area (Å²) in [6, 6.07) is 18.6. The van der Waals surface area contributed by atoms with E-state index in [4.69, 9.17) is 21.0 Å². The summed E-state index contributed by atoms with van der Waals surface area (Å²) in [6.07, 6.45) is 4.10. The zero-order chi connectivity index (χ0) is 45.8. The number of likely N-dealkylation sites (tertiary alicyclic amines) is 2. The molecule has 63 heavy (non-hydrogen) atoms. The Morgan fingerprint density at radius 3 is 1.62 bits per heavy atom. The second-order valence-electron chi connectivity index (χ2n) is 15.7. The second kappa shape index (κ2) is 18.6. The van der Waals surface area contributed by atoms with Gasteiger partial charge >= 0.3 is 17.3 Å². The molecule has 6 aromatic rings. The Morgan fingerprint density at radius 2 is 1.21 bits per heavy atom. The average Bonchev–Trinajstić information content (AvgIpc) is 4.05. The Balaban J connectivity index is 0.000000203. The molecule has 4 aromatic heterocycles. The van der Waals surface area contributed by atoms with Crippen molar-refractivity contribution in [3.63, 3.8) is 0 Å². The summed E-state index contributed by atoms with van der Waals surface area (Å²) in [6.45, 7) is 13.6. The fourth-order valence-corrected chi connectivity index (χ4v) is 7.49. The third kappa shape index (κ3) is 9.34. The summed E-state index contributed by atoms with van der Waals surface area (Å²) in [4.78, 5) is 48.6. The molecule has 0 spiro atoms. The Bertz CT molecular complexity index is 2900. The minimum absolute atomic E-state index is 0.0910. The van der Waals surface area contributed by atoms with Crippen molar-refractivity contribution in [1.82, 2.24) is 39.3 Å². The number of rotatable bonds is 5. The number of amides is 2. The number of nitrogens with zero attached hydrogens (tertiary/aromatic N) is 8. The maximum atomic E-state index is 12.3. The molecule has 2 saturated heterocycles. The van der Waals surface area contributed by atoms with E-state index in [1.807, 2.05) is 71.7 Å². The van der Waals surface area contributed by atoms with Crippen LogP contribution in [-0.2, 0) is 19.0 Å². The third-order valence-electron chi connectivity index (χ3n) is 10.6. The summed E-state index contributed by atoms with van der Waals surface area (Å²) >= 11 is 6.29. The number of benzene rings is 2. The van der Waals surface area contributed by atoms with Gasteiger partial charge in [0.05, 0.1) is 41.9 Å². The Kier molecular flexibility index (Phi) is 13.5. The summed E-state index contributed by atoms with van der Waals surface area (Å²) in [5, 5.41) is 32.1. The maximum absolute atomic E-state index is 12.3. The molecule has 16 heteroatoms. The van der Waals surface area contributed by atoms with Gasteiger partial charge in [0.1, 0.15) is 5.15 Å². The van der Waals surface area contributed by atoms with Gasteiger partial charge in [0.2, 0.25) is 11.2 Å². The van der Waals surface area contributed by atoms with Crippen LogP contribution in [0.5, 0.6) is 0 Å². The van der Waals surface area contributed by atoms with E-state index in [2.05, 4.69) is 64.3 Å². The Morgan fingerprint density at radius 1 is 0.762 bits per heavy atom. The number of likely N-dealkylation sites (N-methyl/N-ethyl adjacent to an activating group) is 2. The van der Waals surface area contributed by atoms with Gasteiger partial charge in [-0.25, -0.2) is 14.8 Å². The normalized spacial score (nSPS) is 18.1. The molecule has 2 fully saturated rings. The third-order valence-corrected chi connectivity index (χ3v) is 10.8. The molecule has 2 aliphatic heterocycles. The fraction of sp³-hybridized carbons (Fsp3) is 0.319. The molecule has 0 aliphatic carbocycles. The molecule has 2 amide bonds. The van der Waals surface area contributed by atoms with Gasteiger partial charge in [-0.1, -0.05) is 59.5 Å². The van der Waals surface area contributed by atoms with Crippen LogP contribution in [0, 0.1) is 30.3 Å². The van der Waals surface area contributed by atoms with Crippen LogP contribution in [0.15, 0.2) is 73.1 Å². The van der Waals surface area contributed by atoms with Gasteiger partial charge in [-0.15, -0.1) is 0 Å². The van der Waals surface area contributed by atoms with Crippen molar-refractivity contribution in [1.29, 1.82) is 0 Å². The van der Waals surface area contributed by atoms with Crippen molar-refractivity contribution in [3.8, 4) is 46.2 Å². The first-order chi connectivity index (χ1) is 30.0. The summed E-state index contributed by atoms with van der Waals surface area (Å²) in [5.41, 5.74) is 2.76. The number of hydrogen-bond donors (Lipinski definition) is 2. The summed E-state index contributed by atoms with van der Waals surface area (Å²) in [5.74, 6) is 10.1. The summed E-state index contributed by atoms with van der Waals surface area (Å²) in [7, 11) is 4.62. The Labute approximate surface area is 369 Å². The number of ether oxygens (including phenoxy) is 1. The van der Waals surface area contributed by atoms with Crippen LogP contribution in [0.4, 0.5) is 0 Å². The molecule has 2 N–H and O–H groups in total. The van der Waals surface area contributed by atoms with Crippen molar-refractivity contribution in [2.24, 2.45) is 0 Å². The number of hydrogen-bond acceptors (Lipinski definition) is 10. The molecule has 0 radical (unpaired) electrons. The van der Waals surface area contributed by atoms with Crippen molar-refractivity contribution in [2.75, 3.05) is 34.3 Å². The number of esters is 1. The van der Waals surface area contributed by atoms with E-state index >= 15 is 0 Å². The molecular formula is C47H45ClN8O7. The SMILES string of the molecule is CC(C)n1ncc2c(-c3cccc(C#C[C@]4(O)CCN(C)C4=O)c3)nc(Cl)cc21.COC(=O)c1cc2c(cnn2C(C)C)c(-c2cccc(C#C[C@]3(O)CCN(C)C3=O)c2)n1.[C-]#[O+]. The van der Waals surface area contributed by atoms with E-state index in [0.717, 1.165) is 38.6 Å². The van der Waals surface area contributed by atoms with Crippen molar-refractivity contribution in [2.45, 2.75) is 63.8 Å². The molecule has 2 aromatic carbocycles. The average molecular weight is 869 g/mol. The van der Waals surface area contributed by atoms with Gasteiger partial charge in [0.25, 0.3) is 11.8 Å². The molecule has 322 valence electrons. The van der Waals surface area contributed by atoms with E-state index < -0.39 is 23.1 Å².